The normalized spacial score (nSPS) is 18.8. The van der Waals surface area contributed by atoms with E-state index in [2.05, 4.69) is 32.2 Å². The highest BCUT2D eigenvalue weighted by Crippen LogP contribution is 2.30. The molecule has 0 radical (unpaired) electrons. The number of methoxy groups -OCH3 is 1. The van der Waals surface area contributed by atoms with E-state index in [1.807, 2.05) is 0 Å². The van der Waals surface area contributed by atoms with Crippen molar-refractivity contribution in [2.24, 2.45) is 10.9 Å². The topological polar surface area (TPSA) is 266 Å². The second kappa shape index (κ2) is 26.4. The van der Waals surface area contributed by atoms with Gasteiger partial charge in [-0.15, -0.1) is 6.42 Å². The zero-order valence-corrected chi connectivity index (χ0v) is 36.3. The average Bonchev–Trinajstić information content (AvgIpc) is 4.01. The van der Waals surface area contributed by atoms with Crippen molar-refractivity contribution in [3.63, 3.8) is 0 Å². The molecule has 0 aromatic heterocycles. The van der Waals surface area contributed by atoms with Gasteiger partial charge in [-0.05, 0) is 60.5 Å². The molecule has 5 atom stereocenters. The lowest BCUT2D eigenvalue weighted by atomic mass is 9.91. The fourth-order valence-electron chi connectivity index (χ4n) is 5.32. The largest absolute Gasteiger partial charge is 0.477 e. The Morgan fingerprint density at radius 2 is 1.48 bits per heavy atom. The van der Waals surface area contributed by atoms with Crippen molar-refractivity contribution in [3.05, 3.63) is 11.8 Å². The summed E-state index contributed by atoms with van der Waals surface area (Å²) in [7, 11) is 1.07. The summed E-state index contributed by atoms with van der Waals surface area (Å²) in [6.45, 7) is 12.6. The number of aliphatic imine (C=N–C) groups is 1. The number of esters is 2. The fourth-order valence-corrected chi connectivity index (χ4v) is 5.32. The summed E-state index contributed by atoms with van der Waals surface area (Å²) in [6.07, 6.45) is -0.0273. The summed E-state index contributed by atoms with van der Waals surface area (Å²) in [5.74, 6) is -1.42. The van der Waals surface area contributed by atoms with Crippen molar-refractivity contribution in [2.45, 2.75) is 109 Å². The van der Waals surface area contributed by atoms with Gasteiger partial charge in [0.2, 0.25) is 17.6 Å². The number of amidine groups is 1. The maximum absolute atomic E-state index is 13.3. The predicted molar refractivity (Wildman–Crippen MR) is 216 cm³/mol. The van der Waals surface area contributed by atoms with Crippen molar-refractivity contribution in [3.8, 4) is 12.3 Å². The Balaban J connectivity index is 2.35. The molecule has 0 aromatic rings. The first-order chi connectivity index (χ1) is 28.7. The van der Waals surface area contributed by atoms with E-state index in [-0.39, 0.29) is 50.6 Å². The van der Waals surface area contributed by atoms with Gasteiger partial charge in [0, 0.05) is 25.9 Å². The summed E-state index contributed by atoms with van der Waals surface area (Å²) in [6, 6.07) is -2.72. The number of hydrogen-bond acceptors (Lipinski definition) is 17. The van der Waals surface area contributed by atoms with E-state index in [1.165, 1.54) is 13.0 Å². The van der Waals surface area contributed by atoms with Crippen LogP contribution in [0.25, 0.3) is 0 Å². The molecular weight excluding hydrogens is 806 g/mol. The van der Waals surface area contributed by atoms with Gasteiger partial charge in [0.15, 0.2) is 12.2 Å². The number of rotatable bonds is 24. The van der Waals surface area contributed by atoms with Crippen LogP contribution in [0.15, 0.2) is 16.8 Å². The van der Waals surface area contributed by atoms with Gasteiger partial charge < -0.3 is 63.7 Å². The standard InChI is InChI=1S/C40H63N5O16/c1-10-14-54-16-18-56-20-21-57-19-17-55-15-13-41-37(51)59-33(28(47)24-42-35(49)26-11-12-26)34-32(43-25(2)46)27(22-29(58-34)36(50)53-9)44-30(23-31(48)60-39(3,4)5)45-38(52)61-40(6,7)8/h1,22,26-28,32-34,47H,11-21,23-24H2,2-9H3,(H,41,51)(H,42,49)(H,43,46)(H,44,45,52)/t27-,28+,32+,33+,34+/m0/s1. The molecule has 1 aliphatic carbocycles. The quantitative estimate of drug-likeness (QED) is 0.0223. The third kappa shape index (κ3) is 22.4. The first-order valence-electron chi connectivity index (χ1n) is 19.9. The van der Waals surface area contributed by atoms with Gasteiger partial charge in [0.05, 0.1) is 65.4 Å². The second-order valence-electron chi connectivity index (χ2n) is 15.8. The number of nitrogens with zero attached hydrogens (tertiary/aromatic N) is 1. The third-order valence-corrected chi connectivity index (χ3v) is 7.94. The van der Waals surface area contributed by atoms with Crippen LogP contribution in [0.3, 0.4) is 0 Å². The highest BCUT2D eigenvalue weighted by molar-refractivity contribution is 6.04. The van der Waals surface area contributed by atoms with E-state index >= 15 is 0 Å². The molecule has 1 aliphatic heterocycles. The lowest BCUT2D eigenvalue weighted by molar-refractivity contribution is -0.153. The van der Waals surface area contributed by atoms with Crippen LogP contribution in [0.5, 0.6) is 0 Å². The fraction of sp³-hybridized carbons (Fsp3) is 0.725. The van der Waals surface area contributed by atoms with Gasteiger partial charge in [-0.1, -0.05) is 5.92 Å². The molecule has 21 nitrogen and oxygen atoms in total. The predicted octanol–water partition coefficient (Wildman–Crippen LogP) is 0.652. The molecule has 0 unspecified atom stereocenters. The molecule has 1 saturated carbocycles. The van der Waals surface area contributed by atoms with Crippen molar-refractivity contribution >= 4 is 41.8 Å². The molecule has 2 rings (SSSR count). The van der Waals surface area contributed by atoms with E-state index in [0.29, 0.717) is 39.3 Å². The Bertz CT molecular complexity index is 1530. The summed E-state index contributed by atoms with van der Waals surface area (Å²) < 4.78 is 48.8. The molecule has 5 N–H and O–H groups in total. The number of terminal acetylenes is 1. The Morgan fingerprint density at radius 1 is 0.885 bits per heavy atom. The van der Waals surface area contributed by atoms with Gasteiger partial charge in [0.25, 0.3) is 0 Å². The summed E-state index contributed by atoms with van der Waals surface area (Å²) in [5, 5.41) is 21.8. The van der Waals surface area contributed by atoms with Gasteiger partial charge in [0.1, 0.15) is 36.2 Å². The number of hydrogen-bond donors (Lipinski definition) is 5. The molecule has 344 valence electrons. The molecule has 0 aromatic carbocycles. The highest BCUT2D eigenvalue weighted by Gasteiger charge is 2.47. The minimum absolute atomic E-state index is 0.0394. The van der Waals surface area contributed by atoms with E-state index in [1.54, 1.807) is 41.5 Å². The minimum atomic E-state index is -1.71. The summed E-state index contributed by atoms with van der Waals surface area (Å²) >= 11 is 0. The van der Waals surface area contributed by atoms with Gasteiger partial charge in [-0.25, -0.2) is 14.4 Å². The second-order valence-corrected chi connectivity index (χ2v) is 15.8. The van der Waals surface area contributed by atoms with Crippen LogP contribution in [-0.2, 0) is 61.8 Å². The van der Waals surface area contributed by atoms with Crippen molar-refractivity contribution in [1.29, 1.82) is 0 Å². The van der Waals surface area contributed by atoms with E-state index in [9.17, 15) is 33.9 Å². The van der Waals surface area contributed by atoms with Crippen LogP contribution in [0, 0.1) is 18.3 Å². The number of aliphatic hydroxyl groups excluding tert-OH is 1. The molecule has 61 heavy (non-hydrogen) atoms. The molecule has 0 spiro atoms. The number of ether oxygens (including phenoxy) is 9. The van der Waals surface area contributed by atoms with Crippen molar-refractivity contribution < 1.29 is 76.5 Å². The van der Waals surface area contributed by atoms with Crippen LogP contribution < -0.4 is 21.3 Å². The molecule has 1 fully saturated rings. The monoisotopic (exact) mass is 869 g/mol. The maximum Gasteiger partial charge on any atom is 0.413 e. The average molecular weight is 870 g/mol. The zero-order chi connectivity index (χ0) is 45.6. The van der Waals surface area contributed by atoms with Crippen LogP contribution in [0.2, 0.25) is 0 Å². The highest BCUT2D eigenvalue weighted by atomic mass is 16.6. The number of aliphatic hydroxyl groups is 1. The SMILES string of the molecule is C#CCOCCOCCOCCOCCNC(=O)O[C@@H]([C@@H]1OC(C(=O)OC)=C[C@H](N=C(CC(=O)OC(C)(C)C)NC(=O)OC(C)(C)C)[C@H]1NC(C)=O)[C@H](O)CNC(=O)C1CC1. The molecule has 4 amide bonds. The first-order valence-corrected chi connectivity index (χ1v) is 19.9. The minimum Gasteiger partial charge on any atom is -0.477 e. The Labute approximate surface area is 356 Å². The van der Waals surface area contributed by atoms with Gasteiger partial charge >= 0.3 is 24.1 Å². The van der Waals surface area contributed by atoms with E-state index in [4.69, 9.17) is 49.1 Å². The number of carbonyl (C=O) groups is 6. The molecule has 21 heteroatoms. The van der Waals surface area contributed by atoms with Crippen molar-refractivity contribution in [2.75, 3.05) is 73.1 Å². The molecule has 2 aliphatic rings. The number of amides is 4. The molecule has 0 bridgehead atoms. The van der Waals surface area contributed by atoms with Crippen LogP contribution in [0.1, 0.15) is 67.7 Å². The number of nitrogens with one attached hydrogen (secondary N) is 4. The van der Waals surface area contributed by atoms with Crippen LogP contribution in [-0.4, -0.2) is 162 Å². The smallest absolute Gasteiger partial charge is 0.413 e. The summed E-state index contributed by atoms with van der Waals surface area (Å²) in [5.41, 5.74) is -1.87. The number of carbonyl (C=O) groups excluding carboxylic acids is 6. The molecular formula is C40H63N5O16. The van der Waals surface area contributed by atoms with Gasteiger partial charge in [-0.3, -0.25) is 24.7 Å². The molecule has 1 heterocycles. The first kappa shape index (κ1) is 52.1. The van der Waals surface area contributed by atoms with Crippen LogP contribution >= 0.6 is 0 Å². The van der Waals surface area contributed by atoms with Crippen molar-refractivity contribution in [1.82, 2.24) is 21.3 Å². The van der Waals surface area contributed by atoms with Crippen LogP contribution in [0.4, 0.5) is 9.59 Å². The Morgan fingerprint density at radius 3 is 2.02 bits per heavy atom. The summed E-state index contributed by atoms with van der Waals surface area (Å²) in [4.78, 5) is 82.1. The molecule has 0 saturated heterocycles. The lowest BCUT2D eigenvalue weighted by Crippen LogP contribution is -2.61. The van der Waals surface area contributed by atoms with Gasteiger partial charge in [-0.2, -0.15) is 0 Å². The van der Waals surface area contributed by atoms with E-state index < -0.39 is 90.4 Å². The number of alkyl carbamates (subject to hydrolysis) is 2. The lowest BCUT2D eigenvalue weighted by Gasteiger charge is -2.40. The van der Waals surface area contributed by atoms with E-state index in [0.717, 1.165) is 7.11 Å². The zero-order valence-electron chi connectivity index (χ0n) is 36.3. The maximum atomic E-state index is 13.3. The third-order valence-electron chi connectivity index (χ3n) is 7.94. The Hall–Kier alpha value is -5.01. The Kier molecular flexibility index (Phi) is 22.5.